The SMILES string of the molecule is CC(C)C[C@H](N)C(=O)N[C@@H](CCCN=C(N)N)C(=O)N[C@@H](CO)C(=O)N[C@@H](Cc1c[nH]c2ccccc12)C(=O)N[C@@H](CC(N)=O)C(=O)N[C@@H](CCC(=O)O)C(=O)O. The minimum absolute atomic E-state index is 0.00350. The zero-order chi connectivity index (χ0) is 42.8. The molecule has 22 heteroatoms. The maximum Gasteiger partial charge on any atom is 0.326 e. The summed E-state index contributed by atoms with van der Waals surface area (Å²) in [5.74, 6) is -8.95. The topological polar surface area (TPSA) is 390 Å². The van der Waals surface area contributed by atoms with Crippen molar-refractivity contribution in [2.45, 2.75) is 95.0 Å². The van der Waals surface area contributed by atoms with Crippen molar-refractivity contribution in [3.63, 3.8) is 0 Å². The molecule has 0 fully saturated rings. The molecular formula is C35H53N11O11. The van der Waals surface area contributed by atoms with Crippen molar-refractivity contribution >= 4 is 64.2 Å². The molecule has 0 bridgehead atoms. The molecule has 1 heterocycles. The largest absolute Gasteiger partial charge is 0.481 e. The average Bonchev–Trinajstić information content (AvgIpc) is 3.54. The minimum Gasteiger partial charge on any atom is -0.481 e. The summed E-state index contributed by atoms with van der Waals surface area (Å²) in [4.78, 5) is 109. The van der Waals surface area contributed by atoms with Gasteiger partial charge in [-0.05, 0) is 43.2 Å². The Balaban J connectivity index is 2.39. The molecule has 57 heavy (non-hydrogen) atoms. The van der Waals surface area contributed by atoms with Gasteiger partial charge in [-0.3, -0.25) is 38.6 Å². The van der Waals surface area contributed by atoms with Crippen molar-refractivity contribution < 1.29 is 53.7 Å². The number of rotatable bonds is 25. The number of benzene rings is 1. The summed E-state index contributed by atoms with van der Waals surface area (Å²) < 4.78 is 0. The molecule has 1 aromatic carbocycles. The van der Waals surface area contributed by atoms with E-state index in [1.54, 1.807) is 30.5 Å². The third-order valence-electron chi connectivity index (χ3n) is 8.49. The number of hydrogen-bond acceptors (Lipinski definition) is 11. The van der Waals surface area contributed by atoms with Crippen molar-refractivity contribution in [1.29, 1.82) is 0 Å². The summed E-state index contributed by atoms with van der Waals surface area (Å²) in [5, 5.41) is 41.1. The molecule has 2 aromatic rings. The van der Waals surface area contributed by atoms with Crippen molar-refractivity contribution in [2.75, 3.05) is 13.2 Å². The summed E-state index contributed by atoms with van der Waals surface area (Å²) in [6.45, 7) is 2.84. The first kappa shape index (κ1) is 46.9. The van der Waals surface area contributed by atoms with Gasteiger partial charge in [0, 0.05) is 36.5 Å². The molecular weight excluding hydrogens is 750 g/mol. The van der Waals surface area contributed by atoms with Gasteiger partial charge in [-0.25, -0.2) is 4.79 Å². The lowest BCUT2D eigenvalue weighted by Gasteiger charge is -2.26. The maximum absolute atomic E-state index is 13.9. The number of amides is 6. The molecule has 22 nitrogen and oxygen atoms in total. The van der Waals surface area contributed by atoms with Crippen LogP contribution in [0.4, 0.5) is 0 Å². The number of aliphatic carboxylic acids is 2. The van der Waals surface area contributed by atoms with Crippen molar-refractivity contribution in [1.82, 2.24) is 31.6 Å². The number of hydrogen-bond donors (Lipinski definition) is 13. The van der Waals surface area contributed by atoms with Crippen molar-refractivity contribution in [3.05, 3.63) is 36.0 Å². The first-order valence-corrected chi connectivity index (χ1v) is 18.0. The number of aliphatic hydroxyl groups is 1. The number of carboxylic acid groups (broad SMARTS) is 2. The third kappa shape index (κ3) is 16.1. The van der Waals surface area contributed by atoms with Gasteiger partial charge in [-0.1, -0.05) is 32.0 Å². The van der Waals surface area contributed by atoms with Crippen molar-refractivity contribution in [2.24, 2.45) is 33.8 Å². The Labute approximate surface area is 327 Å². The predicted molar refractivity (Wildman–Crippen MR) is 204 cm³/mol. The number of aromatic nitrogens is 1. The summed E-state index contributed by atoms with van der Waals surface area (Å²) in [6, 6.07) is -1.97. The Morgan fingerprint density at radius 1 is 0.754 bits per heavy atom. The van der Waals surface area contributed by atoms with Crippen LogP contribution in [-0.4, -0.2) is 123 Å². The molecule has 0 unspecified atom stereocenters. The second kappa shape index (κ2) is 22.9. The van der Waals surface area contributed by atoms with Crippen molar-refractivity contribution in [3.8, 4) is 0 Å². The fraction of sp³-hybridized carbons (Fsp3) is 0.514. The van der Waals surface area contributed by atoms with E-state index in [4.69, 9.17) is 28.0 Å². The number of aliphatic imine (C=N–C) groups is 1. The van der Waals surface area contributed by atoms with Gasteiger partial charge in [0.25, 0.3) is 0 Å². The van der Waals surface area contributed by atoms with Crippen LogP contribution in [0.2, 0.25) is 0 Å². The molecule has 0 saturated carbocycles. The third-order valence-corrected chi connectivity index (χ3v) is 8.49. The van der Waals surface area contributed by atoms with Gasteiger partial charge < -0.3 is 69.8 Å². The summed E-state index contributed by atoms with van der Waals surface area (Å²) >= 11 is 0. The number of aromatic amines is 1. The van der Waals surface area contributed by atoms with E-state index in [0.717, 1.165) is 0 Å². The van der Waals surface area contributed by atoms with E-state index < -0.39 is 110 Å². The van der Waals surface area contributed by atoms with Crippen LogP contribution in [0.15, 0.2) is 35.5 Å². The highest BCUT2D eigenvalue weighted by Crippen LogP contribution is 2.19. The number of fused-ring (bicyclic) bond motifs is 1. The van der Waals surface area contributed by atoms with Gasteiger partial charge in [0.1, 0.15) is 30.2 Å². The number of para-hydroxylation sites is 1. The quantitative estimate of drug-likeness (QED) is 0.0262. The highest BCUT2D eigenvalue weighted by Gasteiger charge is 2.34. The standard InChI is InChI=1S/C35H53N11O11/c1-17(2)12-20(36)29(51)42-22(8-5-11-40-35(38)39)30(52)46-26(16-47)33(55)44-24(13-18-15-41-21-7-4-3-6-19(18)21)31(53)45-25(14-27(37)48)32(54)43-23(34(56)57)9-10-28(49)50/h3-4,6-7,15,17,20,22-26,41,47H,5,8-14,16,36H2,1-2H3,(H2,37,48)(H,42,51)(H,43,54)(H,44,55)(H,45,53)(H,46,52)(H,49,50)(H,56,57)(H4,38,39,40)/t20-,22-,23-,24-,25-,26-/m0/s1. The van der Waals surface area contributed by atoms with Crippen LogP contribution in [0.1, 0.15) is 57.9 Å². The average molecular weight is 804 g/mol. The molecule has 0 radical (unpaired) electrons. The van der Waals surface area contributed by atoms with Crippen LogP contribution in [-0.2, 0) is 44.8 Å². The Kier molecular flexibility index (Phi) is 18.9. The van der Waals surface area contributed by atoms with Crippen LogP contribution in [0.25, 0.3) is 10.9 Å². The lowest BCUT2D eigenvalue weighted by Crippen LogP contribution is -2.60. The fourth-order valence-electron chi connectivity index (χ4n) is 5.61. The molecule has 1 aromatic heterocycles. The number of nitrogens with one attached hydrogen (secondary N) is 6. The zero-order valence-corrected chi connectivity index (χ0v) is 31.7. The van der Waals surface area contributed by atoms with E-state index in [9.17, 15) is 48.6 Å². The number of carbonyl (C=O) groups excluding carboxylic acids is 6. The maximum atomic E-state index is 13.9. The zero-order valence-electron chi connectivity index (χ0n) is 31.7. The van der Waals surface area contributed by atoms with Crippen LogP contribution in [0.3, 0.4) is 0 Å². The lowest BCUT2D eigenvalue weighted by atomic mass is 10.0. The van der Waals surface area contributed by atoms with E-state index in [1.807, 2.05) is 13.8 Å². The van der Waals surface area contributed by atoms with Crippen LogP contribution < -0.4 is 49.5 Å². The Bertz CT molecular complexity index is 1780. The molecule has 0 aliphatic carbocycles. The Morgan fingerprint density at radius 2 is 1.32 bits per heavy atom. The van der Waals surface area contributed by atoms with Gasteiger partial charge in [0.2, 0.25) is 35.4 Å². The minimum atomic E-state index is -1.78. The highest BCUT2D eigenvalue weighted by molar-refractivity contribution is 5.98. The van der Waals surface area contributed by atoms with Crippen LogP contribution >= 0.6 is 0 Å². The smallest absolute Gasteiger partial charge is 0.326 e. The number of carboxylic acids is 2. The normalized spacial score (nSPS) is 14.2. The monoisotopic (exact) mass is 803 g/mol. The van der Waals surface area contributed by atoms with Gasteiger partial charge >= 0.3 is 11.9 Å². The van der Waals surface area contributed by atoms with E-state index >= 15 is 0 Å². The number of H-pyrrole nitrogens is 1. The van der Waals surface area contributed by atoms with Gasteiger partial charge in [0.15, 0.2) is 5.96 Å². The van der Waals surface area contributed by atoms with Crippen LogP contribution in [0, 0.1) is 5.92 Å². The number of guanidine groups is 1. The van der Waals surface area contributed by atoms with E-state index in [2.05, 4.69) is 36.6 Å². The molecule has 6 atom stereocenters. The Morgan fingerprint density at radius 3 is 1.91 bits per heavy atom. The van der Waals surface area contributed by atoms with E-state index in [-0.39, 0.29) is 37.7 Å². The van der Waals surface area contributed by atoms with Gasteiger partial charge in [0.05, 0.1) is 19.1 Å². The molecule has 0 saturated heterocycles. The highest BCUT2D eigenvalue weighted by atomic mass is 16.4. The van der Waals surface area contributed by atoms with E-state index in [1.165, 1.54) is 0 Å². The lowest BCUT2D eigenvalue weighted by molar-refractivity contribution is -0.143. The fourth-order valence-corrected chi connectivity index (χ4v) is 5.61. The number of carbonyl (C=O) groups is 8. The molecule has 17 N–H and O–H groups in total. The molecule has 6 amide bonds. The van der Waals surface area contributed by atoms with Gasteiger partial charge in [-0.2, -0.15) is 0 Å². The molecule has 0 aliphatic heterocycles. The number of aliphatic hydroxyl groups excluding tert-OH is 1. The Hall–Kier alpha value is -6.29. The van der Waals surface area contributed by atoms with E-state index in [0.29, 0.717) is 22.9 Å². The predicted octanol–water partition coefficient (Wildman–Crippen LogP) is -3.62. The summed E-state index contributed by atoms with van der Waals surface area (Å²) in [5.41, 5.74) is 23.3. The first-order valence-electron chi connectivity index (χ1n) is 18.0. The number of nitrogens with zero attached hydrogens (tertiary/aromatic N) is 1. The second-order valence-corrected chi connectivity index (χ2v) is 13.7. The molecule has 2 rings (SSSR count). The molecule has 0 spiro atoms. The number of nitrogens with two attached hydrogens (primary N) is 4. The van der Waals surface area contributed by atoms with Gasteiger partial charge in [-0.15, -0.1) is 0 Å². The second-order valence-electron chi connectivity index (χ2n) is 13.7. The molecule has 314 valence electrons. The molecule has 0 aliphatic rings. The summed E-state index contributed by atoms with van der Waals surface area (Å²) in [6.07, 6.45) is -0.121. The first-order chi connectivity index (χ1) is 26.8. The van der Waals surface area contributed by atoms with Crippen LogP contribution in [0.5, 0.6) is 0 Å². The number of primary amides is 1. The summed E-state index contributed by atoms with van der Waals surface area (Å²) in [7, 11) is 0.